The number of piperazine rings is 1. The van der Waals surface area contributed by atoms with Gasteiger partial charge in [-0.1, -0.05) is 36.5 Å². The Morgan fingerprint density at radius 2 is 1.96 bits per heavy atom. The highest BCUT2D eigenvalue weighted by molar-refractivity contribution is 7.73. The lowest BCUT2D eigenvalue weighted by Crippen LogP contribution is -3.28. The maximum absolute atomic E-state index is 12.4. The molecule has 0 bridgehead atoms. The lowest BCUT2D eigenvalue weighted by Gasteiger charge is -2.29. The van der Waals surface area contributed by atoms with Crippen LogP contribution in [0.25, 0.3) is 0 Å². The first-order valence-electron chi connectivity index (χ1n) is 9.14. The van der Waals surface area contributed by atoms with Crippen LogP contribution in [0.5, 0.6) is 0 Å². The van der Waals surface area contributed by atoms with Crippen molar-refractivity contribution in [2.24, 2.45) is 0 Å². The van der Waals surface area contributed by atoms with Crippen LogP contribution < -0.4 is 15.1 Å². The summed E-state index contributed by atoms with van der Waals surface area (Å²) in [5.74, 6) is 0.0988. The van der Waals surface area contributed by atoms with Gasteiger partial charge in [0.05, 0.1) is 0 Å². The van der Waals surface area contributed by atoms with E-state index in [1.165, 1.54) is 15.4 Å². The van der Waals surface area contributed by atoms with E-state index < -0.39 is 0 Å². The van der Waals surface area contributed by atoms with Gasteiger partial charge >= 0.3 is 0 Å². The molecule has 1 aliphatic rings. The van der Waals surface area contributed by atoms with Crippen LogP contribution in [-0.4, -0.2) is 48.4 Å². The third-order valence-corrected chi connectivity index (χ3v) is 6.05. The SMILES string of the molecule is CCc1ccccc1NC(=O)C[NH+]1CC[NH+](Cn2nc(C)sc2=S)CC1. The highest BCUT2D eigenvalue weighted by Gasteiger charge is 2.25. The van der Waals surface area contributed by atoms with E-state index in [0.717, 1.165) is 53.9 Å². The maximum Gasteiger partial charge on any atom is 0.279 e. The van der Waals surface area contributed by atoms with Crippen LogP contribution >= 0.6 is 23.6 Å². The average Bonchev–Trinajstić information content (AvgIpc) is 2.94. The fourth-order valence-electron chi connectivity index (χ4n) is 3.39. The summed E-state index contributed by atoms with van der Waals surface area (Å²) in [6.07, 6.45) is 0.921. The zero-order valence-electron chi connectivity index (χ0n) is 15.4. The average molecular weight is 394 g/mol. The molecule has 2 heterocycles. The molecule has 1 aromatic heterocycles. The second-order valence-electron chi connectivity index (χ2n) is 6.78. The third kappa shape index (κ3) is 4.97. The summed E-state index contributed by atoms with van der Waals surface area (Å²) in [7, 11) is 0. The Labute approximate surface area is 163 Å². The number of carbonyl (C=O) groups excluding carboxylic acids is 1. The molecule has 6 nitrogen and oxygen atoms in total. The first-order valence-corrected chi connectivity index (χ1v) is 10.4. The molecule has 0 spiro atoms. The molecule has 140 valence electrons. The number of benzene rings is 1. The van der Waals surface area contributed by atoms with E-state index in [2.05, 4.69) is 23.4 Å². The van der Waals surface area contributed by atoms with Crippen LogP contribution in [0, 0.1) is 10.9 Å². The molecule has 1 aliphatic heterocycles. The van der Waals surface area contributed by atoms with Gasteiger partial charge in [-0.25, -0.2) is 0 Å². The summed E-state index contributed by atoms with van der Waals surface area (Å²) in [6, 6.07) is 8.02. The molecule has 0 saturated carbocycles. The molecule has 8 heteroatoms. The zero-order valence-corrected chi connectivity index (χ0v) is 17.0. The molecule has 26 heavy (non-hydrogen) atoms. The van der Waals surface area contributed by atoms with Crippen molar-refractivity contribution in [1.82, 2.24) is 9.78 Å². The number of anilines is 1. The predicted octanol–water partition coefficient (Wildman–Crippen LogP) is -0.0755. The van der Waals surface area contributed by atoms with Crippen molar-refractivity contribution in [2.75, 3.05) is 38.0 Å². The largest absolute Gasteiger partial charge is 0.321 e. The van der Waals surface area contributed by atoms with Crippen molar-refractivity contribution in [3.63, 3.8) is 0 Å². The van der Waals surface area contributed by atoms with Gasteiger partial charge in [-0.15, -0.1) is 0 Å². The van der Waals surface area contributed by atoms with Gasteiger partial charge in [0.25, 0.3) is 5.91 Å². The second-order valence-corrected chi connectivity index (χ2v) is 8.61. The van der Waals surface area contributed by atoms with Crippen LogP contribution in [0.15, 0.2) is 24.3 Å². The molecular formula is C18H27N5OS2+2. The minimum atomic E-state index is 0.0988. The van der Waals surface area contributed by atoms with E-state index in [1.54, 1.807) is 11.3 Å². The number of nitrogens with one attached hydrogen (secondary N) is 3. The Hall–Kier alpha value is -1.61. The molecule has 3 rings (SSSR count). The monoisotopic (exact) mass is 393 g/mol. The molecule has 0 aliphatic carbocycles. The number of carbonyl (C=O) groups is 1. The summed E-state index contributed by atoms with van der Waals surface area (Å²) in [4.78, 5) is 15.2. The highest BCUT2D eigenvalue weighted by Crippen LogP contribution is 2.14. The number of nitrogens with zero attached hydrogens (tertiary/aromatic N) is 2. The van der Waals surface area contributed by atoms with Gasteiger partial charge in [-0.05, 0) is 37.2 Å². The number of aryl methyl sites for hydroxylation is 2. The Bertz CT molecular complexity index is 808. The van der Waals surface area contributed by atoms with Gasteiger partial charge < -0.3 is 15.1 Å². The van der Waals surface area contributed by atoms with Crippen LogP contribution in [-0.2, 0) is 17.9 Å². The highest BCUT2D eigenvalue weighted by atomic mass is 32.1. The molecule has 0 atom stereocenters. The van der Waals surface area contributed by atoms with Crippen LogP contribution in [0.1, 0.15) is 17.5 Å². The third-order valence-electron chi connectivity index (χ3n) is 4.83. The molecule has 0 radical (unpaired) electrons. The van der Waals surface area contributed by atoms with Gasteiger partial charge in [-0.3, -0.25) is 4.79 Å². The van der Waals surface area contributed by atoms with Crippen LogP contribution in [0.2, 0.25) is 0 Å². The lowest BCUT2D eigenvalue weighted by molar-refractivity contribution is -1.02. The van der Waals surface area contributed by atoms with E-state index in [1.807, 2.05) is 29.8 Å². The molecule has 2 aromatic rings. The predicted molar refractivity (Wildman–Crippen MR) is 106 cm³/mol. The van der Waals surface area contributed by atoms with Crippen LogP contribution in [0.3, 0.4) is 0 Å². The molecule has 3 N–H and O–H groups in total. The van der Waals surface area contributed by atoms with Crippen molar-refractivity contribution in [3.8, 4) is 0 Å². The Morgan fingerprint density at radius 1 is 1.27 bits per heavy atom. The maximum atomic E-state index is 12.4. The van der Waals surface area contributed by atoms with Crippen molar-refractivity contribution < 1.29 is 14.6 Å². The zero-order chi connectivity index (χ0) is 18.5. The van der Waals surface area contributed by atoms with Gasteiger partial charge in [0.2, 0.25) is 0 Å². The first-order chi connectivity index (χ1) is 12.5. The summed E-state index contributed by atoms with van der Waals surface area (Å²) in [5.41, 5.74) is 2.12. The Morgan fingerprint density at radius 3 is 2.62 bits per heavy atom. The summed E-state index contributed by atoms with van der Waals surface area (Å²) < 4.78 is 2.78. The Kier molecular flexibility index (Phi) is 6.53. The fourth-order valence-corrected chi connectivity index (χ4v) is 4.46. The van der Waals surface area contributed by atoms with Gasteiger partial charge in [0, 0.05) is 5.69 Å². The van der Waals surface area contributed by atoms with E-state index >= 15 is 0 Å². The second kappa shape index (κ2) is 8.85. The van der Waals surface area contributed by atoms with Crippen molar-refractivity contribution in [1.29, 1.82) is 0 Å². The first kappa shape index (κ1) is 19.2. The van der Waals surface area contributed by atoms with Gasteiger partial charge in [-0.2, -0.15) is 9.78 Å². The number of aromatic nitrogens is 2. The van der Waals surface area contributed by atoms with Gasteiger partial charge in [0.1, 0.15) is 31.2 Å². The van der Waals surface area contributed by atoms with Crippen molar-refractivity contribution in [2.45, 2.75) is 26.9 Å². The van der Waals surface area contributed by atoms with E-state index in [9.17, 15) is 4.79 Å². The number of rotatable bonds is 6. The Balaban J connectivity index is 1.47. The van der Waals surface area contributed by atoms with E-state index in [0.29, 0.717) is 6.54 Å². The number of para-hydroxylation sites is 1. The minimum Gasteiger partial charge on any atom is -0.321 e. The number of hydrogen-bond acceptors (Lipinski definition) is 4. The standard InChI is InChI=1S/C18H25N5OS2/c1-3-15-6-4-5-7-16(15)19-17(24)12-21-8-10-22(11-9-21)13-23-18(25)26-14(2)20-23/h4-7H,3,8-13H2,1-2H3,(H,19,24)/p+2. The summed E-state index contributed by atoms with van der Waals surface area (Å²) >= 11 is 6.92. The van der Waals surface area contributed by atoms with Crippen LogP contribution in [0.4, 0.5) is 5.69 Å². The van der Waals surface area contributed by atoms with Crippen molar-refractivity contribution >= 4 is 35.1 Å². The minimum absolute atomic E-state index is 0.0988. The quantitative estimate of drug-likeness (QED) is 0.602. The van der Waals surface area contributed by atoms with Crippen molar-refractivity contribution in [3.05, 3.63) is 38.8 Å². The number of amides is 1. The number of hydrogen-bond donors (Lipinski definition) is 3. The molecule has 1 aromatic carbocycles. The van der Waals surface area contributed by atoms with Gasteiger partial charge in [0.15, 0.2) is 17.2 Å². The summed E-state index contributed by atoms with van der Waals surface area (Å²) in [6.45, 7) is 9.51. The molecule has 1 fully saturated rings. The molecule has 1 saturated heterocycles. The fraction of sp³-hybridized carbons (Fsp3) is 0.500. The molecule has 1 amide bonds. The molecular weight excluding hydrogens is 366 g/mol. The number of quaternary nitrogens is 2. The smallest absolute Gasteiger partial charge is 0.279 e. The summed E-state index contributed by atoms with van der Waals surface area (Å²) in [5, 5.41) is 8.57. The lowest BCUT2D eigenvalue weighted by atomic mass is 10.1. The van der Waals surface area contributed by atoms with E-state index in [4.69, 9.17) is 12.2 Å². The van der Waals surface area contributed by atoms with E-state index in [-0.39, 0.29) is 5.91 Å². The normalized spacial score (nSPS) is 20.1. The topological polar surface area (TPSA) is 55.8 Å². The molecule has 0 unspecified atom stereocenters.